The molecule has 1 aliphatic carbocycles. The second kappa shape index (κ2) is 8.71. The van der Waals surface area contributed by atoms with E-state index in [0.29, 0.717) is 11.6 Å². The molecule has 6 heteroatoms. The van der Waals surface area contributed by atoms with Gasteiger partial charge in [-0.3, -0.25) is 14.3 Å². The maximum absolute atomic E-state index is 13.6. The number of hydrogen-bond acceptors (Lipinski definition) is 5. The van der Waals surface area contributed by atoms with Crippen molar-refractivity contribution in [1.82, 2.24) is 19.7 Å². The average molecular weight is 441 g/mol. The molecule has 4 aromatic rings. The minimum Gasteiger partial charge on any atom is -0.299 e. The molecule has 0 spiro atoms. The van der Waals surface area contributed by atoms with Gasteiger partial charge in [-0.15, -0.1) is 10.2 Å². The first-order valence-corrected chi connectivity index (χ1v) is 11.7. The quantitative estimate of drug-likeness (QED) is 0.260. The van der Waals surface area contributed by atoms with Gasteiger partial charge in [0.05, 0.1) is 0 Å². The molecule has 32 heavy (non-hydrogen) atoms. The molecule has 160 valence electrons. The molecule has 2 aromatic carbocycles. The molecule has 0 radical (unpaired) electrons. The largest absolute Gasteiger partial charge is 0.299 e. The fourth-order valence-electron chi connectivity index (χ4n) is 3.71. The average Bonchev–Trinajstić information content (AvgIpc) is 3.58. The predicted molar refractivity (Wildman–Crippen MR) is 127 cm³/mol. The molecule has 0 unspecified atom stereocenters. The summed E-state index contributed by atoms with van der Waals surface area (Å²) in [7, 11) is 0. The van der Waals surface area contributed by atoms with Gasteiger partial charge in [-0.1, -0.05) is 71.4 Å². The molecule has 1 saturated carbocycles. The van der Waals surface area contributed by atoms with E-state index in [-0.39, 0.29) is 5.78 Å². The van der Waals surface area contributed by atoms with E-state index in [1.807, 2.05) is 55.5 Å². The minimum atomic E-state index is -0.398. The van der Waals surface area contributed by atoms with E-state index in [2.05, 4.69) is 38.8 Å². The Morgan fingerprint density at radius 2 is 1.53 bits per heavy atom. The molecule has 5 nitrogen and oxygen atoms in total. The van der Waals surface area contributed by atoms with Gasteiger partial charge in [-0.2, -0.15) is 0 Å². The van der Waals surface area contributed by atoms with Crippen molar-refractivity contribution in [3.05, 3.63) is 95.3 Å². The highest BCUT2D eigenvalue weighted by Crippen LogP contribution is 2.44. The van der Waals surface area contributed by atoms with Crippen LogP contribution in [0.25, 0.3) is 11.4 Å². The van der Waals surface area contributed by atoms with Crippen LogP contribution in [0.3, 0.4) is 0 Å². The van der Waals surface area contributed by atoms with Gasteiger partial charge in [-0.25, -0.2) is 0 Å². The Kier molecular flexibility index (Phi) is 5.62. The molecular weight excluding hydrogens is 416 g/mol. The lowest BCUT2D eigenvalue weighted by Crippen LogP contribution is -2.11. The second-order valence-electron chi connectivity index (χ2n) is 8.28. The van der Waals surface area contributed by atoms with E-state index in [1.54, 1.807) is 12.4 Å². The molecule has 0 N–H and O–H groups in total. The van der Waals surface area contributed by atoms with Crippen LogP contribution < -0.4 is 0 Å². The third kappa shape index (κ3) is 4.23. The predicted octanol–water partition coefficient (Wildman–Crippen LogP) is 6.01. The first-order valence-electron chi connectivity index (χ1n) is 10.8. The zero-order valence-corrected chi connectivity index (χ0v) is 18.9. The van der Waals surface area contributed by atoms with E-state index in [1.165, 1.54) is 17.3 Å². The number of nitrogens with zero attached hydrogens (tertiary/aromatic N) is 4. The van der Waals surface area contributed by atoms with Crippen molar-refractivity contribution < 1.29 is 4.79 Å². The number of ketones is 1. The van der Waals surface area contributed by atoms with Crippen LogP contribution in [-0.4, -0.2) is 25.5 Å². The molecule has 0 bridgehead atoms. The zero-order chi connectivity index (χ0) is 22.1. The molecule has 1 aliphatic rings. The number of Topliss-reactive ketones (excluding diaryl/α,β-unsaturated/α-hetero) is 1. The van der Waals surface area contributed by atoms with Gasteiger partial charge in [0.25, 0.3) is 0 Å². The van der Waals surface area contributed by atoms with Gasteiger partial charge < -0.3 is 0 Å². The van der Waals surface area contributed by atoms with Crippen LogP contribution in [0.1, 0.15) is 51.2 Å². The summed E-state index contributed by atoms with van der Waals surface area (Å²) in [5, 5.41) is 9.42. The molecule has 0 aliphatic heterocycles. The van der Waals surface area contributed by atoms with E-state index in [9.17, 15) is 4.79 Å². The summed E-state index contributed by atoms with van der Waals surface area (Å²) in [6, 6.07) is 20.3. The first kappa shape index (κ1) is 20.6. The molecule has 5 rings (SSSR count). The topological polar surface area (TPSA) is 60.7 Å². The zero-order valence-electron chi connectivity index (χ0n) is 18.1. The number of hydrogen-bond donors (Lipinski definition) is 0. The Labute approximate surface area is 191 Å². The number of thioether (sulfide) groups is 1. The molecule has 0 amide bonds. The molecule has 2 aromatic heterocycles. The van der Waals surface area contributed by atoms with Crippen LogP contribution in [0.4, 0.5) is 0 Å². The number of carbonyl (C=O) groups excluding carboxylic acids is 1. The number of carbonyl (C=O) groups is 1. The van der Waals surface area contributed by atoms with Gasteiger partial charge in [0.2, 0.25) is 0 Å². The Morgan fingerprint density at radius 3 is 2.16 bits per heavy atom. The van der Waals surface area contributed by atoms with Crippen molar-refractivity contribution >= 4 is 17.5 Å². The Hall–Kier alpha value is -3.25. The third-order valence-electron chi connectivity index (χ3n) is 5.69. The van der Waals surface area contributed by atoms with Gasteiger partial charge in [0.1, 0.15) is 5.25 Å². The number of aromatic nitrogens is 4. The number of benzene rings is 2. The standard InChI is InChI=1S/C26H24N4OS/c1-17-3-7-19(8-4-17)23(31)24(20-9-5-18(2)6-10-20)32-26-29-28-25(30(26)22-11-12-22)21-13-15-27-16-14-21/h3-10,13-16,22,24H,11-12H2,1-2H3/t24-/m0/s1. The van der Waals surface area contributed by atoms with E-state index in [4.69, 9.17) is 0 Å². The van der Waals surface area contributed by atoms with Crippen molar-refractivity contribution in [3.63, 3.8) is 0 Å². The highest BCUT2D eigenvalue weighted by Gasteiger charge is 2.33. The van der Waals surface area contributed by atoms with Gasteiger partial charge >= 0.3 is 0 Å². The van der Waals surface area contributed by atoms with Crippen molar-refractivity contribution in [2.75, 3.05) is 0 Å². The lowest BCUT2D eigenvalue weighted by atomic mass is 10.0. The summed E-state index contributed by atoms with van der Waals surface area (Å²) in [4.78, 5) is 17.8. The third-order valence-corrected chi connectivity index (χ3v) is 6.90. The maximum Gasteiger partial charge on any atom is 0.192 e. The lowest BCUT2D eigenvalue weighted by molar-refractivity contribution is 0.0989. The van der Waals surface area contributed by atoms with Gasteiger partial charge in [0, 0.05) is 29.6 Å². The SMILES string of the molecule is Cc1ccc(C(=O)[C@@H](Sc2nnc(-c3ccncc3)n2C2CC2)c2ccc(C)cc2)cc1. The normalized spacial score (nSPS) is 14.3. The van der Waals surface area contributed by atoms with Gasteiger partial charge in [0.15, 0.2) is 16.8 Å². The van der Waals surface area contributed by atoms with Crippen LogP contribution >= 0.6 is 11.8 Å². The van der Waals surface area contributed by atoms with Gasteiger partial charge in [-0.05, 0) is 44.4 Å². The minimum absolute atomic E-state index is 0.0784. The van der Waals surface area contributed by atoms with E-state index in [0.717, 1.165) is 40.5 Å². The second-order valence-corrected chi connectivity index (χ2v) is 9.35. The van der Waals surface area contributed by atoms with Crippen LogP contribution in [0, 0.1) is 13.8 Å². The fourth-order valence-corrected chi connectivity index (χ4v) is 4.89. The summed E-state index contributed by atoms with van der Waals surface area (Å²) in [5.74, 6) is 0.914. The Balaban J connectivity index is 1.54. The van der Waals surface area contributed by atoms with E-state index >= 15 is 0 Å². The highest BCUT2D eigenvalue weighted by molar-refractivity contribution is 8.00. The smallest absolute Gasteiger partial charge is 0.192 e. The summed E-state index contributed by atoms with van der Waals surface area (Å²) in [5.41, 5.74) is 4.98. The summed E-state index contributed by atoms with van der Waals surface area (Å²) in [6.45, 7) is 4.08. The van der Waals surface area contributed by atoms with Crippen LogP contribution in [0.15, 0.2) is 78.2 Å². The van der Waals surface area contributed by atoms with Crippen molar-refractivity contribution in [2.45, 2.75) is 43.1 Å². The maximum atomic E-state index is 13.6. The first-order chi connectivity index (χ1) is 15.6. The van der Waals surface area contributed by atoms with Crippen LogP contribution in [-0.2, 0) is 0 Å². The molecule has 1 fully saturated rings. The van der Waals surface area contributed by atoms with Crippen LogP contribution in [0.5, 0.6) is 0 Å². The van der Waals surface area contributed by atoms with Crippen molar-refractivity contribution in [2.24, 2.45) is 0 Å². The molecule has 2 heterocycles. The number of pyridine rings is 1. The highest BCUT2D eigenvalue weighted by atomic mass is 32.2. The summed E-state index contributed by atoms with van der Waals surface area (Å²) >= 11 is 1.49. The Morgan fingerprint density at radius 1 is 0.906 bits per heavy atom. The van der Waals surface area contributed by atoms with Crippen molar-refractivity contribution in [3.8, 4) is 11.4 Å². The summed E-state index contributed by atoms with van der Waals surface area (Å²) < 4.78 is 2.20. The number of rotatable bonds is 7. The molecular formula is C26H24N4OS. The Bertz CT molecular complexity index is 1230. The number of aryl methyl sites for hydroxylation is 2. The molecule has 1 atom stereocenters. The van der Waals surface area contributed by atoms with Crippen molar-refractivity contribution in [1.29, 1.82) is 0 Å². The molecule has 0 saturated heterocycles. The summed E-state index contributed by atoms with van der Waals surface area (Å²) in [6.07, 6.45) is 5.74. The lowest BCUT2D eigenvalue weighted by Gasteiger charge is -2.17. The monoisotopic (exact) mass is 440 g/mol. The fraction of sp³-hybridized carbons (Fsp3) is 0.231. The van der Waals surface area contributed by atoms with E-state index < -0.39 is 5.25 Å². The van der Waals surface area contributed by atoms with Crippen LogP contribution in [0.2, 0.25) is 0 Å².